The van der Waals surface area contributed by atoms with Gasteiger partial charge in [0.15, 0.2) is 0 Å². The summed E-state index contributed by atoms with van der Waals surface area (Å²) in [5.41, 5.74) is 3.23. The third-order valence-corrected chi connectivity index (χ3v) is 4.20. The highest BCUT2D eigenvalue weighted by atomic mass is 16.5. The minimum Gasteiger partial charge on any atom is -0.469 e. The quantitative estimate of drug-likeness (QED) is 0.680. The van der Waals surface area contributed by atoms with Crippen LogP contribution in [-0.4, -0.2) is 33.8 Å². The summed E-state index contributed by atoms with van der Waals surface area (Å²) in [4.78, 5) is 28.3. The number of hydrogen-bond acceptors (Lipinski definition) is 5. The van der Waals surface area contributed by atoms with Crippen LogP contribution in [0.5, 0.6) is 0 Å². The zero-order valence-corrected chi connectivity index (χ0v) is 15.1. The number of nitrogens with one attached hydrogen (secondary N) is 1. The van der Waals surface area contributed by atoms with Gasteiger partial charge in [-0.2, -0.15) is 5.10 Å². The average Bonchev–Trinajstić information content (AvgIpc) is 3.23. The first-order valence-electron chi connectivity index (χ1n) is 8.46. The predicted molar refractivity (Wildman–Crippen MR) is 99.4 cm³/mol. The number of benzene rings is 2. The van der Waals surface area contributed by atoms with Gasteiger partial charge in [0.2, 0.25) is 0 Å². The molecular weight excluding hydrogens is 344 g/mol. The fourth-order valence-electron chi connectivity index (χ4n) is 2.65. The van der Waals surface area contributed by atoms with Crippen LogP contribution < -0.4 is 5.32 Å². The fraction of sp³-hybridized carbons (Fsp3) is 0.200. The molecule has 2 aromatic carbocycles. The van der Waals surface area contributed by atoms with Gasteiger partial charge in [0.1, 0.15) is 12.7 Å². The van der Waals surface area contributed by atoms with Crippen LogP contribution >= 0.6 is 0 Å². The molecule has 3 aromatic rings. The number of esters is 1. The highest BCUT2D eigenvalue weighted by Crippen LogP contribution is 2.19. The number of ether oxygens (including phenoxy) is 1. The maximum Gasteiger partial charge on any atom is 0.307 e. The number of aryl methyl sites for hydroxylation is 1. The molecule has 1 atom stereocenters. The van der Waals surface area contributed by atoms with Crippen LogP contribution in [0.25, 0.3) is 5.69 Å². The summed E-state index contributed by atoms with van der Waals surface area (Å²) in [6, 6.07) is 14.2. The number of aromatic nitrogens is 3. The van der Waals surface area contributed by atoms with Crippen molar-refractivity contribution in [3.63, 3.8) is 0 Å². The Labute approximate surface area is 157 Å². The Morgan fingerprint density at radius 3 is 2.41 bits per heavy atom. The minimum atomic E-state index is -0.472. The van der Waals surface area contributed by atoms with Crippen LogP contribution in [0.15, 0.2) is 61.2 Å². The van der Waals surface area contributed by atoms with Crippen molar-refractivity contribution in [1.29, 1.82) is 0 Å². The summed E-state index contributed by atoms with van der Waals surface area (Å²) in [5, 5.41) is 6.97. The van der Waals surface area contributed by atoms with Crippen molar-refractivity contribution >= 4 is 11.9 Å². The molecule has 0 fully saturated rings. The van der Waals surface area contributed by atoms with Gasteiger partial charge < -0.3 is 10.1 Å². The van der Waals surface area contributed by atoms with Gasteiger partial charge in [-0.05, 0) is 36.8 Å². The lowest BCUT2D eigenvalue weighted by atomic mass is 10.0. The molecule has 1 N–H and O–H groups in total. The topological polar surface area (TPSA) is 86.1 Å². The van der Waals surface area contributed by atoms with Crippen LogP contribution in [0.3, 0.4) is 0 Å². The molecule has 7 heteroatoms. The van der Waals surface area contributed by atoms with Crippen LogP contribution in [-0.2, 0) is 9.53 Å². The van der Waals surface area contributed by atoms with E-state index in [1.165, 1.54) is 13.4 Å². The zero-order chi connectivity index (χ0) is 19.2. The minimum absolute atomic E-state index is 0.0579. The van der Waals surface area contributed by atoms with Crippen LogP contribution in [0.2, 0.25) is 0 Å². The Balaban J connectivity index is 1.77. The molecule has 138 valence electrons. The summed E-state index contributed by atoms with van der Waals surface area (Å²) in [6.07, 6.45) is 3.08. The molecule has 0 saturated carbocycles. The van der Waals surface area contributed by atoms with Crippen molar-refractivity contribution in [3.05, 3.63) is 77.9 Å². The normalized spacial score (nSPS) is 11.6. The zero-order valence-electron chi connectivity index (χ0n) is 15.1. The van der Waals surface area contributed by atoms with E-state index in [2.05, 4.69) is 15.4 Å². The van der Waals surface area contributed by atoms with E-state index in [1.807, 2.05) is 31.2 Å². The van der Waals surface area contributed by atoms with Gasteiger partial charge in [-0.3, -0.25) is 9.59 Å². The number of nitrogens with zero attached hydrogens (tertiary/aromatic N) is 3. The molecule has 27 heavy (non-hydrogen) atoms. The van der Waals surface area contributed by atoms with E-state index in [0.29, 0.717) is 5.56 Å². The molecule has 1 amide bonds. The molecular formula is C20H20N4O3. The van der Waals surface area contributed by atoms with Gasteiger partial charge in [-0.1, -0.05) is 29.8 Å². The summed E-state index contributed by atoms with van der Waals surface area (Å²) < 4.78 is 6.37. The molecule has 0 bridgehead atoms. The fourth-order valence-corrected chi connectivity index (χ4v) is 2.65. The SMILES string of the molecule is COC(=O)CC(NC(=O)c1ccc(-n2cncn2)cc1)c1ccc(C)cc1. The van der Waals surface area contributed by atoms with E-state index in [0.717, 1.165) is 16.8 Å². The summed E-state index contributed by atoms with van der Waals surface area (Å²) >= 11 is 0. The standard InChI is InChI=1S/C20H20N4O3/c1-14-3-5-15(6-4-14)18(11-19(25)27-2)23-20(26)16-7-9-17(10-8-16)24-13-21-12-22-24/h3-10,12-13,18H,11H2,1-2H3,(H,23,26). The molecule has 1 heterocycles. The van der Waals surface area contributed by atoms with E-state index in [-0.39, 0.29) is 18.3 Å². The first kappa shape index (κ1) is 18.3. The van der Waals surface area contributed by atoms with Crippen LogP contribution in [0.4, 0.5) is 0 Å². The summed E-state index contributed by atoms with van der Waals surface area (Å²) in [7, 11) is 1.33. The van der Waals surface area contributed by atoms with Gasteiger partial charge >= 0.3 is 5.97 Å². The monoisotopic (exact) mass is 364 g/mol. The molecule has 0 radical (unpaired) electrons. The molecule has 7 nitrogen and oxygen atoms in total. The average molecular weight is 364 g/mol. The van der Waals surface area contributed by atoms with E-state index >= 15 is 0 Å². The predicted octanol–water partition coefficient (Wildman–Crippen LogP) is 2.61. The maximum atomic E-state index is 12.7. The van der Waals surface area contributed by atoms with Gasteiger partial charge in [-0.25, -0.2) is 9.67 Å². The molecule has 3 rings (SSSR count). The molecule has 0 spiro atoms. The van der Waals surface area contributed by atoms with E-state index in [9.17, 15) is 9.59 Å². The number of rotatable bonds is 6. The number of methoxy groups -OCH3 is 1. The van der Waals surface area contributed by atoms with Gasteiger partial charge in [0, 0.05) is 5.56 Å². The number of carbonyl (C=O) groups excluding carboxylic acids is 2. The largest absolute Gasteiger partial charge is 0.469 e. The number of amides is 1. The lowest BCUT2D eigenvalue weighted by Gasteiger charge is -2.18. The molecule has 0 aliphatic carbocycles. The second kappa shape index (κ2) is 8.27. The Morgan fingerprint density at radius 1 is 1.11 bits per heavy atom. The highest BCUT2D eigenvalue weighted by molar-refractivity contribution is 5.94. The Hall–Kier alpha value is -3.48. The summed E-state index contributed by atoms with van der Waals surface area (Å²) in [5.74, 6) is -0.656. The first-order valence-corrected chi connectivity index (χ1v) is 8.46. The number of hydrogen-bond donors (Lipinski definition) is 1. The third kappa shape index (κ3) is 4.58. The van der Waals surface area contributed by atoms with Crippen molar-refractivity contribution < 1.29 is 14.3 Å². The van der Waals surface area contributed by atoms with Crippen LogP contribution in [0.1, 0.15) is 33.9 Å². The van der Waals surface area contributed by atoms with Gasteiger partial charge in [-0.15, -0.1) is 0 Å². The van der Waals surface area contributed by atoms with Crippen molar-refractivity contribution in [3.8, 4) is 5.69 Å². The first-order chi connectivity index (χ1) is 13.1. The third-order valence-electron chi connectivity index (χ3n) is 4.20. The van der Waals surface area contributed by atoms with Gasteiger partial charge in [0.25, 0.3) is 5.91 Å². The summed E-state index contributed by atoms with van der Waals surface area (Å²) in [6.45, 7) is 1.98. The highest BCUT2D eigenvalue weighted by Gasteiger charge is 2.19. The lowest BCUT2D eigenvalue weighted by molar-refractivity contribution is -0.141. The second-order valence-electron chi connectivity index (χ2n) is 6.10. The molecule has 0 saturated heterocycles. The van der Waals surface area contributed by atoms with E-state index in [1.54, 1.807) is 35.3 Å². The van der Waals surface area contributed by atoms with E-state index < -0.39 is 6.04 Å². The van der Waals surface area contributed by atoms with Crippen molar-refractivity contribution in [2.45, 2.75) is 19.4 Å². The molecule has 0 aliphatic rings. The second-order valence-corrected chi connectivity index (χ2v) is 6.10. The van der Waals surface area contributed by atoms with Crippen molar-refractivity contribution in [2.24, 2.45) is 0 Å². The Bertz CT molecular complexity index is 903. The number of carbonyl (C=O) groups is 2. The van der Waals surface area contributed by atoms with Crippen molar-refractivity contribution in [1.82, 2.24) is 20.1 Å². The molecule has 0 aliphatic heterocycles. The van der Waals surface area contributed by atoms with Crippen molar-refractivity contribution in [2.75, 3.05) is 7.11 Å². The lowest BCUT2D eigenvalue weighted by Crippen LogP contribution is -2.30. The van der Waals surface area contributed by atoms with E-state index in [4.69, 9.17) is 4.74 Å². The Kier molecular flexibility index (Phi) is 5.61. The molecule has 1 aromatic heterocycles. The molecule has 1 unspecified atom stereocenters. The Morgan fingerprint density at radius 2 is 1.81 bits per heavy atom. The van der Waals surface area contributed by atoms with Crippen LogP contribution in [0, 0.1) is 6.92 Å². The smallest absolute Gasteiger partial charge is 0.307 e. The maximum absolute atomic E-state index is 12.7. The van der Waals surface area contributed by atoms with Gasteiger partial charge in [0.05, 0.1) is 25.3 Å².